The molecule has 0 unspecified atom stereocenters. The zero-order chi connectivity index (χ0) is 20.4. The smallest absolute Gasteiger partial charge is 0.349 e. The average molecular weight is 401 g/mol. The van der Waals surface area contributed by atoms with Gasteiger partial charge in [-0.05, 0) is 38.5 Å². The normalized spacial score (nSPS) is 10.7. The molecule has 3 aromatic rings. The molecule has 2 aromatic heterocycles. The van der Waals surface area contributed by atoms with Crippen molar-refractivity contribution >= 4 is 39.2 Å². The zero-order valence-electron chi connectivity index (χ0n) is 15.9. The predicted octanol–water partition coefficient (Wildman–Crippen LogP) is 3.91. The first kappa shape index (κ1) is 19.6. The molecule has 8 heteroatoms. The maximum atomic E-state index is 12.7. The predicted molar refractivity (Wildman–Crippen MR) is 107 cm³/mol. The number of carbonyl (C=O) groups excluding carboxylic acids is 2. The van der Waals surface area contributed by atoms with Gasteiger partial charge in [0.1, 0.15) is 10.6 Å². The molecule has 0 atom stereocenters. The minimum Gasteiger partial charge on any atom is -0.493 e. The fourth-order valence-electron chi connectivity index (χ4n) is 2.77. The summed E-state index contributed by atoms with van der Waals surface area (Å²) in [4.78, 5) is 38.2. The Morgan fingerprint density at radius 2 is 2.00 bits per heavy atom. The van der Waals surface area contributed by atoms with Crippen LogP contribution in [-0.4, -0.2) is 25.6 Å². The molecule has 0 spiro atoms. The van der Waals surface area contributed by atoms with Gasteiger partial charge in [0.05, 0.1) is 19.3 Å². The molecule has 0 fully saturated rings. The van der Waals surface area contributed by atoms with Crippen molar-refractivity contribution in [1.82, 2.24) is 0 Å². The fraction of sp³-hybridized carbons (Fsp3) is 0.250. The van der Waals surface area contributed by atoms with E-state index in [0.29, 0.717) is 21.7 Å². The Kier molecular flexibility index (Phi) is 5.51. The lowest BCUT2D eigenvalue weighted by atomic mass is 10.1. The first-order valence-corrected chi connectivity index (χ1v) is 9.38. The Morgan fingerprint density at radius 3 is 2.68 bits per heavy atom. The summed E-state index contributed by atoms with van der Waals surface area (Å²) in [7, 11) is 1.47. The van der Waals surface area contributed by atoms with Crippen LogP contribution in [0.5, 0.6) is 5.75 Å². The molecule has 1 amide bonds. The van der Waals surface area contributed by atoms with E-state index in [1.165, 1.54) is 24.5 Å². The van der Waals surface area contributed by atoms with Gasteiger partial charge in [-0.3, -0.25) is 4.79 Å². The number of anilines is 1. The first-order valence-electron chi connectivity index (χ1n) is 8.56. The summed E-state index contributed by atoms with van der Waals surface area (Å²) in [6, 6.07) is 6.54. The Hall–Kier alpha value is -3.13. The molecule has 2 heterocycles. The summed E-state index contributed by atoms with van der Waals surface area (Å²) in [5.74, 6) is -0.782. The third-order valence-corrected chi connectivity index (χ3v) is 5.40. The molecule has 1 N–H and O–H groups in total. The van der Waals surface area contributed by atoms with Crippen molar-refractivity contribution < 1.29 is 23.5 Å². The number of nitrogens with one attached hydrogen (secondary N) is 1. The lowest BCUT2D eigenvalue weighted by Gasteiger charge is -2.08. The van der Waals surface area contributed by atoms with E-state index in [1.807, 2.05) is 6.92 Å². The number of para-hydroxylation sites is 1. The highest BCUT2D eigenvalue weighted by atomic mass is 32.1. The van der Waals surface area contributed by atoms with Gasteiger partial charge in [0.15, 0.2) is 11.3 Å². The van der Waals surface area contributed by atoms with Crippen LogP contribution in [-0.2, 0) is 4.74 Å². The molecule has 3 rings (SSSR count). The number of esters is 1. The molecule has 0 aliphatic heterocycles. The molecular weight excluding hydrogens is 382 g/mol. The van der Waals surface area contributed by atoms with Crippen molar-refractivity contribution in [2.24, 2.45) is 0 Å². The van der Waals surface area contributed by atoms with Gasteiger partial charge in [0, 0.05) is 10.3 Å². The minimum atomic E-state index is -0.794. The van der Waals surface area contributed by atoms with E-state index in [2.05, 4.69) is 5.32 Å². The number of amides is 1. The summed E-state index contributed by atoms with van der Waals surface area (Å²) in [5.41, 5.74) is 0.330. The quantitative estimate of drug-likeness (QED) is 0.514. The molecule has 0 saturated heterocycles. The van der Waals surface area contributed by atoms with Gasteiger partial charge in [-0.15, -0.1) is 11.3 Å². The van der Waals surface area contributed by atoms with Gasteiger partial charge in [-0.1, -0.05) is 12.1 Å². The number of aryl methyl sites for hydroxylation is 1. The van der Waals surface area contributed by atoms with Crippen molar-refractivity contribution in [3.63, 3.8) is 0 Å². The van der Waals surface area contributed by atoms with Crippen LogP contribution in [0.2, 0.25) is 0 Å². The summed E-state index contributed by atoms with van der Waals surface area (Å²) in [6.07, 6.45) is 0. The second-order valence-electron chi connectivity index (χ2n) is 5.99. The first-order chi connectivity index (χ1) is 13.4. The number of rotatable bonds is 5. The Balaban J connectivity index is 2.01. The number of ether oxygens (including phenoxy) is 2. The van der Waals surface area contributed by atoms with Gasteiger partial charge in [0.2, 0.25) is 0 Å². The van der Waals surface area contributed by atoms with Gasteiger partial charge in [0.25, 0.3) is 5.91 Å². The second-order valence-corrected chi connectivity index (χ2v) is 7.21. The molecule has 7 nitrogen and oxygen atoms in total. The molecule has 1 aromatic carbocycles. The van der Waals surface area contributed by atoms with Crippen LogP contribution in [0.15, 0.2) is 33.5 Å². The van der Waals surface area contributed by atoms with E-state index in [1.54, 1.807) is 32.0 Å². The average Bonchev–Trinajstić information content (AvgIpc) is 2.94. The number of hydrogen-bond donors (Lipinski definition) is 1. The second kappa shape index (κ2) is 7.85. The van der Waals surface area contributed by atoms with Gasteiger partial charge in [-0.2, -0.15) is 0 Å². The van der Waals surface area contributed by atoms with Crippen LogP contribution in [0.3, 0.4) is 0 Å². The standard InChI is InChI=1S/C20H19NO6S/c1-5-26-20(24)15-10(2)11(3)28-18(15)21-17(22)13-9-12-7-6-8-14(25-4)16(12)27-19(13)23/h6-9H,5H2,1-4H3,(H,21,22). The summed E-state index contributed by atoms with van der Waals surface area (Å²) in [6.45, 7) is 5.55. The Morgan fingerprint density at radius 1 is 1.25 bits per heavy atom. The largest absolute Gasteiger partial charge is 0.493 e. The van der Waals surface area contributed by atoms with Crippen LogP contribution in [0.4, 0.5) is 5.00 Å². The number of fused-ring (bicyclic) bond motifs is 1. The molecular formula is C20H19NO6S. The number of benzene rings is 1. The number of thiophene rings is 1. The lowest BCUT2D eigenvalue weighted by Crippen LogP contribution is -2.21. The van der Waals surface area contributed by atoms with Crippen LogP contribution in [0, 0.1) is 13.8 Å². The highest BCUT2D eigenvalue weighted by Gasteiger charge is 2.24. The minimum absolute atomic E-state index is 0.167. The van der Waals surface area contributed by atoms with Crippen LogP contribution in [0.1, 0.15) is 38.1 Å². The van der Waals surface area contributed by atoms with E-state index in [-0.39, 0.29) is 17.8 Å². The van der Waals surface area contributed by atoms with Crippen LogP contribution < -0.4 is 15.7 Å². The van der Waals surface area contributed by atoms with E-state index >= 15 is 0 Å². The zero-order valence-corrected chi connectivity index (χ0v) is 16.7. The highest BCUT2D eigenvalue weighted by molar-refractivity contribution is 7.16. The van der Waals surface area contributed by atoms with E-state index < -0.39 is 17.5 Å². The maximum absolute atomic E-state index is 12.7. The van der Waals surface area contributed by atoms with Crippen LogP contribution >= 0.6 is 11.3 Å². The summed E-state index contributed by atoms with van der Waals surface area (Å²) >= 11 is 1.25. The van der Waals surface area contributed by atoms with E-state index in [0.717, 1.165) is 10.4 Å². The molecule has 0 radical (unpaired) electrons. The summed E-state index contributed by atoms with van der Waals surface area (Å²) in [5, 5.41) is 3.54. The van der Waals surface area contributed by atoms with Crippen molar-refractivity contribution in [3.8, 4) is 5.75 Å². The monoisotopic (exact) mass is 401 g/mol. The van der Waals surface area contributed by atoms with Gasteiger partial charge < -0.3 is 19.2 Å². The molecule has 0 bridgehead atoms. The molecule has 28 heavy (non-hydrogen) atoms. The molecule has 146 valence electrons. The third kappa shape index (κ3) is 3.50. The number of carbonyl (C=O) groups is 2. The number of hydrogen-bond acceptors (Lipinski definition) is 7. The summed E-state index contributed by atoms with van der Waals surface area (Å²) < 4.78 is 15.5. The van der Waals surface area contributed by atoms with Crippen molar-refractivity contribution in [3.05, 3.63) is 56.3 Å². The van der Waals surface area contributed by atoms with Crippen molar-refractivity contribution in [1.29, 1.82) is 0 Å². The van der Waals surface area contributed by atoms with E-state index in [4.69, 9.17) is 13.9 Å². The topological polar surface area (TPSA) is 94.8 Å². The van der Waals surface area contributed by atoms with Gasteiger partial charge >= 0.3 is 11.6 Å². The Labute approximate surface area is 164 Å². The van der Waals surface area contributed by atoms with Crippen molar-refractivity contribution in [2.45, 2.75) is 20.8 Å². The SMILES string of the molecule is CCOC(=O)c1c(NC(=O)c2cc3cccc(OC)c3oc2=O)sc(C)c1C. The molecule has 0 aliphatic rings. The maximum Gasteiger partial charge on any atom is 0.349 e. The highest BCUT2D eigenvalue weighted by Crippen LogP contribution is 2.33. The third-order valence-electron chi connectivity index (χ3n) is 4.28. The molecule has 0 saturated carbocycles. The number of methoxy groups -OCH3 is 1. The van der Waals surface area contributed by atoms with Crippen molar-refractivity contribution in [2.75, 3.05) is 19.0 Å². The van der Waals surface area contributed by atoms with Gasteiger partial charge in [-0.25, -0.2) is 9.59 Å². The lowest BCUT2D eigenvalue weighted by molar-refractivity contribution is 0.0527. The van der Waals surface area contributed by atoms with E-state index in [9.17, 15) is 14.4 Å². The Bertz CT molecular complexity index is 1130. The van der Waals surface area contributed by atoms with Crippen LogP contribution in [0.25, 0.3) is 11.0 Å². The fourth-order valence-corrected chi connectivity index (χ4v) is 3.81. The molecule has 0 aliphatic carbocycles.